The molecule has 0 radical (unpaired) electrons. The topological polar surface area (TPSA) is 39.2 Å². The zero-order valence-corrected chi connectivity index (χ0v) is 8.43. The van der Waals surface area contributed by atoms with E-state index in [1.165, 1.54) is 17.4 Å². The Balaban J connectivity index is 2.58. The van der Waals surface area contributed by atoms with Gasteiger partial charge in [-0.1, -0.05) is 0 Å². The van der Waals surface area contributed by atoms with Crippen LogP contribution >= 0.6 is 11.3 Å². The van der Waals surface area contributed by atoms with Gasteiger partial charge in [0.25, 0.3) is 0 Å². The van der Waals surface area contributed by atoms with E-state index in [-0.39, 0.29) is 5.97 Å². The number of rotatable bonds is 3. The fraction of sp³-hybridized carbons (Fsp3) is 0.333. The maximum Gasteiger partial charge on any atom is 0.330 e. The molecule has 1 heterocycles. The van der Waals surface area contributed by atoms with E-state index in [0.29, 0.717) is 6.61 Å². The molecule has 0 aliphatic carbocycles. The molecular formula is C9H11NO2S. The summed E-state index contributed by atoms with van der Waals surface area (Å²) in [5.74, 6) is -0.310. The Labute approximate surface area is 81.1 Å². The largest absolute Gasteiger partial charge is 0.463 e. The van der Waals surface area contributed by atoms with E-state index in [1.54, 1.807) is 18.5 Å². The van der Waals surface area contributed by atoms with Gasteiger partial charge in [0, 0.05) is 6.08 Å². The van der Waals surface area contributed by atoms with Crippen LogP contribution in [0.15, 0.2) is 11.6 Å². The monoisotopic (exact) mass is 197 g/mol. The van der Waals surface area contributed by atoms with Gasteiger partial charge in [0.2, 0.25) is 0 Å². The lowest BCUT2D eigenvalue weighted by Crippen LogP contribution is -1.98. The van der Waals surface area contributed by atoms with Gasteiger partial charge < -0.3 is 4.74 Å². The first-order chi connectivity index (χ1) is 6.24. The summed E-state index contributed by atoms with van der Waals surface area (Å²) in [5.41, 5.74) is 2.69. The van der Waals surface area contributed by atoms with Gasteiger partial charge in [0.1, 0.15) is 0 Å². The SMILES string of the molecule is CCOC(=O)/C=C/c1scnc1C. The van der Waals surface area contributed by atoms with Crippen molar-refractivity contribution >= 4 is 23.4 Å². The Morgan fingerprint density at radius 3 is 3.08 bits per heavy atom. The molecule has 70 valence electrons. The third-order valence-electron chi connectivity index (χ3n) is 1.44. The number of esters is 1. The summed E-state index contributed by atoms with van der Waals surface area (Å²) in [4.78, 5) is 16.0. The molecule has 4 heteroatoms. The summed E-state index contributed by atoms with van der Waals surface area (Å²) in [5, 5.41) is 0. The highest BCUT2D eigenvalue weighted by Gasteiger charge is 1.98. The molecule has 0 aromatic carbocycles. The molecule has 0 fully saturated rings. The molecule has 0 aliphatic heterocycles. The van der Waals surface area contributed by atoms with Crippen LogP contribution in [0.5, 0.6) is 0 Å². The summed E-state index contributed by atoms with van der Waals surface area (Å²) in [6.07, 6.45) is 3.15. The molecule has 0 atom stereocenters. The van der Waals surface area contributed by atoms with E-state index in [1.807, 2.05) is 6.92 Å². The maximum absolute atomic E-state index is 10.9. The zero-order chi connectivity index (χ0) is 9.68. The minimum absolute atomic E-state index is 0.310. The van der Waals surface area contributed by atoms with Gasteiger partial charge in [0.15, 0.2) is 0 Å². The number of hydrogen-bond acceptors (Lipinski definition) is 4. The van der Waals surface area contributed by atoms with Crippen LogP contribution in [0.25, 0.3) is 6.08 Å². The number of thiazole rings is 1. The van der Waals surface area contributed by atoms with Crippen LogP contribution in [-0.4, -0.2) is 17.6 Å². The van der Waals surface area contributed by atoms with Gasteiger partial charge in [0.05, 0.1) is 22.7 Å². The predicted molar refractivity (Wildman–Crippen MR) is 52.5 cm³/mol. The Morgan fingerprint density at radius 2 is 2.54 bits per heavy atom. The van der Waals surface area contributed by atoms with Gasteiger partial charge in [-0.05, 0) is 19.9 Å². The molecule has 0 N–H and O–H groups in total. The van der Waals surface area contributed by atoms with Crippen molar-refractivity contribution in [2.24, 2.45) is 0 Å². The van der Waals surface area contributed by atoms with Crippen molar-refractivity contribution in [1.29, 1.82) is 0 Å². The summed E-state index contributed by atoms with van der Waals surface area (Å²) in [6.45, 7) is 4.09. The molecule has 13 heavy (non-hydrogen) atoms. The van der Waals surface area contributed by atoms with Gasteiger partial charge in [-0.15, -0.1) is 11.3 Å². The van der Waals surface area contributed by atoms with E-state index in [2.05, 4.69) is 4.98 Å². The van der Waals surface area contributed by atoms with E-state index in [4.69, 9.17) is 4.74 Å². The molecule has 3 nitrogen and oxygen atoms in total. The molecule has 0 amide bonds. The second-order valence-electron chi connectivity index (χ2n) is 2.39. The van der Waals surface area contributed by atoms with Crippen LogP contribution in [-0.2, 0) is 9.53 Å². The first kappa shape index (κ1) is 9.92. The molecule has 0 unspecified atom stereocenters. The van der Waals surface area contributed by atoms with Gasteiger partial charge >= 0.3 is 5.97 Å². The van der Waals surface area contributed by atoms with Crippen LogP contribution < -0.4 is 0 Å². The zero-order valence-electron chi connectivity index (χ0n) is 7.61. The summed E-state index contributed by atoms with van der Waals surface area (Å²) in [7, 11) is 0. The van der Waals surface area contributed by atoms with Crippen LogP contribution in [0.3, 0.4) is 0 Å². The maximum atomic E-state index is 10.9. The number of hydrogen-bond donors (Lipinski definition) is 0. The highest BCUT2D eigenvalue weighted by atomic mass is 32.1. The third kappa shape index (κ3) is 2.99. The minimum Gasteiger partial charge on any atom is -0.463 e. The van der Waals surface area contributed by atoms with Crippen molar-refractivity contribution in [3.8, 4) is 0 Å². The van der Waals surface area contributed by atoms with Crippen molar-refractivity contribution in [3.05, 3.63) is 22.2 Å². The molecule has 0 aliphatic rings. The second kappa shape index (κ2) is 4.77. The van der Waals surface area contributed by atoms with Crippen LogP contribution in [0.4, 0.5) is 0 Å². The highest BCUT2D eigenvalue weighted by Crippen LogP contribution is 2.13. The lowest BCUT2D eigenvalue weighted by atomic mass is 10.3. The number of carbonyl (C=O) groups is 1. The van der Waals surface area contributed by atoms with Gasteiger partial charge in [-0.2, -0.15) is 0 Å². The lowest BCUT2D eigenvalue weighted by Gasteiger charge is -1.93. The van der Waals surface area contributed by atoms with Crippen LogP contribution in [0.2, 0.25) is 0 Å². The molecule has 0 saturated carbocycles. The number of carbonyl (C=O) groups excluding carboxylic acids is 1. The van der Waals surface area contributed by atoms with E-state index in [9.17, 15) is 4.79 Å². The average molecular weight is 197 g/mol. The van der Waals surface area contributed by atoms with Crippen molar-refractivity contribution in [3.63, 3.8) is 0 Å². The second-order valence-corrected chi connectivity index (χ2v) is 3.27. The lowest BCUT2D eigenvalue weighted by molar-refractivity contribution is -0.137. The Bertz CT molecular complexity index is 317. The smallest absolute Gasteiger partial charge is 0.330 e. The fourth-order valence-corrected chi connectivity index (χ4v) is 1.50. The number of ether oxygens (including phenoxy) is 1. The first-order valence-electron chi connectivity index (χ1n) is 3.99. The Hall–Kier alpha value is -1.16. The van der Waals surface area contributed by atoms with Crippen LogP contribution in [0.1, 0.15) is 17.5 Å². The summed E-state index contributed by atoms with van der Waals surface area (Å²) >= 11 is 1.50. The van der Waals surface area contributed by atoms with Crippen molar-refractivity contribution in [1.82, 2.24) is 4.98 Å². The van der Waals surface area contributed by atoms with Crippen molar-refractivity contribution in [2.75, 3.05) is 6.61 Å². The fourth-order valence-electron chi connectivity index (χ4n) is 0.805. The predicted octanol–water partition coefficient (Wildman–Crippen LogP) is 2.03. The van der Waals surface area contributed by atoms with E-state index < -0.39 is 0 Å². The van der Waals surface area contributed by atoms with Crippen molar-refractivity contribution < 1.29 is 9.53 Å². The molecule has 1 aromatic heterocycles. The first-order valence-corrected chi connectivity index (χ1v) is 4.87. The standard InChI is InChI=1S/C9H11NO2S/c1-3-12-9(11)5-4-8-7(2)10-6-13-8/h4-6H,3H2,1-2H3/b5-4+. The molecule has 0 saturated heterocycles. The molecule has 0 bridgehead atoms. The number of nitrogens with zero attached hydrogens (tertiary/aromatic N) is 1. The van der Waals surface area contributed by atoms with Gasteiger partial charge in [-0.25, -0.2) is 9.78 Å². The molecule has 1 aromatic rings. The normalized spacial score (nSPS) is 10.6. The summed E-state index contributed by atoms with van der Waals surface area (Å²) < 4.78 is 4.74. The molecule has 1 rings (SSSR count). The molecular weight excluding hydrogens is 186 g/mol. The average Bonchev–Trinajstić information content (AvgIpc) is 2.48. The molecule has 0 spiro atoms. The Morgan fingerprint density at radius 1 is 1.77 bits per heavy atom. The Kier molecular flexibility index (Phi) is 3.64. The quantitative estimate of drug-likeness (QED) is 0.549. The minimum atomic E-state index is -0.310. The van der Waals surface area contributed by atoms with E-state index in [0.717, 1.165) is 10.6 Å². The summed E-state index contributed by atoms with van der Waals surface area (Å²) in [6, 6.07) is 0. The van der Waals surface area contributed by atoms with Gasteiger partial charge in [-0.3, -0.25) is 0 Å². The van der Waals surface area contributed by atoms with E-state index >= 15 is 0 Å². The number of aryl methyl sites for hydroxylation is 1. The highest BCUT2D eigenvalue weighted by molar-refractivity contribution is 7.10. The third-order valence-corrected chi connectivity index (χ3v) is 2.34. The van der Waals surface area contributed by atoms with Crippen molar-refractivity contribution in [2.45, 2.75) is 13.8 Å². The van der Waals surface area contributed by atoms with Crippen LogP contribution in [0, 0.1) is 6.92 Å². The number of aromatic nitrogens is 1.